The molecule has 0 unspecified atom stereocenters. The van der Waals surface area contributed by atoms with E-state index in [1.807, 2.05) is 0 Å². The summed E-state index contributed by atoms with van der Waals surface area (Å²) in [5, 5.41) is 7.57. The van der Waals surface area contributed by atoms with Crippen LogP contribution in [0.5, 0.6) is 0 Å². The lowest BCUT2D eigenvalue weighted by Crippen LogP contribution is -2.39. The van der Waals surface area contributed by atoms with Crippen molar-refractivity contribution in [3.8, 4) is 0 Å². The maximum Gasteiger partial charge on any atom is 0.315 e. The van der Waals surface area contributed by atoms with Gasteiger partial charge in [-0.15, -0.1) is 0 Å². The van der Waals surface area contributed by atoms with Gasteiger partial charge in [-0.25, -0.2) is 4.79 Å². The number of rotatable bonds is 1. The van der Waals surface area contributed by atoms with Crippen molar-refractivity contribution < 1.29 is 9.53 Å². The number of hydrogen-bond donors (Lipinski definition) is 2. The smallest absolute Gasteiger partial charge is 0.315 e. The molecule has 0 spiro atoms. The van der Waals surface area contributed by atoms with E-state index in [1.165, 1.54) is 5.56 Å². The summed E-state index contributed by atoms with van der Waals surface area (Å²) in [5.74, 6) is 0.451. The lowest BCUT2D eigenvalue weighted by molar-refractivity contribution is 0.0841. The molecule has 1 saturated heterocycles. The summed E-state index contributed by atoms with van der Waals surface area (Å²) >= 11 is 0. The number of primary amides is 1. The van der Waals surface area contributed by atoms with Gasteiger partial charge in [0.2, 0.25) is 0 Å². The van der Waals surface area contributed by atoms with Crippen LogP contribution in [0.4, 0.5) is 4.79 Å². The topological polar surface area (TPSA) is 84.2 Å². The highest BCUT2D eigenvalue weighted by molar-refractivity contribution is 5.72. The van der Waals surface area contributed by atoms with Crippen molar-refractivity contribution in [3.63, 3.8) is 0 Å². The fraction of sp³-hybridized carbons (Fsp3) is 0.667. The molecule has 2 amide bonds. The number of nitrogens with two attached hydrogens (primary N) is 1. The average Bonchev–Trinajstić information content (AvgIpc) is 2.82. The summed E-state index contributed by atoms with van der Waals surface area (Å²) in [5.41, 5.74) is 8.80. The van der Waals surface area contributed by atoms with Gasteiger partial charge in [0.15, 0.2) is 0 Å². The van der Waals surface area contributed by atoms with Crippen LogP contribution in [0.1, 0.15) is 35.7 Å². The Kier molecular flexibility index (Phi) is 2.95. The highest BCUT2D eigenvalue weighted by Gasteiger charge is 2.28. The van der Waals surface area contributed by atoms with Crippen LogP contribution in [0.25, 0.3) is 0 Å². The molecule has 0 bridgehead atoms. The molecule has 2 aliphatic rings. The Bertz CT molecular complexity index is 451. The first-order chi connectivity index (χ1) is 8.75. The molecule has 6 nitrogen and oxygen atoms in total. The van der Waals surface area contributed by atoms with Gasteiger partial charge in [-0.2, -0.15) is 5.10 Å². The summed E-state index contributed by atoms with van der Waals surface area (Å²) in [6, 6.07) is -0.347. The predicted octanol–water partition coefficient (Wildman–Crippen LogP) is 0.740. The monoisotopic (exact) mass is 250 g/mol. The molecule has 1 fully saturated rings. The molecule has 1 aromatic rings. The van der Waals surface area contributed by atoms with Gasteiger partial charge in [0.05, 0.1) is 12.2 Å². The van der Waals surface area contributed by atoms with Crippen molar-refractivity contribution in [2.75, 3.05) is 19.8 Å². The number of H-pyrrole nitrogens is 1. The lowest BCUT2D eigenvalue weighted by Gasteiger charge is -2.27. The molecular formula is C12H18N4O2. The fourth-order valence-corrected chi connectivity index (χ4v) is 2.81. The van der Waals surface area contributed by atoms with Gasteiger partial charge < -0.3 is 15.4 Å². The molecule has 3 N–H and O–H groups in total. The standard InChI is InChI=1S/C12H18N4O2/c13-12(17)16-4-1-10-9(7-16)11(15-14-10)8-2-5-18-6-3-8/h8H,1-7H2,(H2,13,17)(H,14,15). The Morgan fingerprint density at radius 1 is 1.44 bits per heavy atom. The first kappa shape index (κ1) is 11.5. The molecule has 98 valence electrons. The molecular weight excluding hydrogens is 232 g/mol. The number of nitrogens with one attached hydrogen (secondary N) is 1. The minimum Gasteiger partial charge on any atom is -0.381 e. The third kappa shape index (κ3) is 1.96. The molecule has 6 heteroatoms. The van der Waals surface area contributed by atoms with Gasteiger partial charge in [0.25, 0.3) is 0 Å². The number of hydrogen-bond acceptors (Lipinski definition) is 3. The molecule has 1 aromatic heterocycles. The SMILES string of the molecule is NC(=O)N1CCc2[nH]nc(C3CCOCC3)c2C1. The van der Waals surface area contributed by atoms with Crippen molar-refractivity contribution in [2.45, 2.75) is 31.7 Å². The van der Waals surface area contributed by atoms with Crippen LogP contribution in [0.2, 0.25) is 0 Å². The van der Waals surface area contributed by atoms with Crippen LogP contribution >= 0.6 is 0 Å². The molecule has 0 aliphatic carbocycles. The number of carbonyl (C=O) groups excluding carboxylic acids is 1. The van der Waals surface area contributed by atoms with Gasteiger partial charge in [-0.3, -0.25) is 5.10 Å². The van der Waals surface area contributed by atoms with E-state index in [0.29, 0.717) is 19.0 Å². The van der Waals surface area contributed by atoms with Crippen LogP contribution in [-0.4, -0.2) is 40.9 Å². The first-order valence-corrected chi connectivity index (χ1v) is 6.44. The molecule has 3 rings (SSSR count). The fourth-order valence-electron chi connectivity index (χ4n) is 2.81. The van der Waals surface area contributed by atoms with E-state index in [4.69, 9.17) is 10.5 Å². The van der Waals surface area contributed by atoms with E-state index in [1.54, 1.807) is 4.90 Å². The van der Waals surface area contributed by atoms with Crippen molar-refractivity contribution >= 4 is 6.03 Å². The highest BCUT2D eigenvalue weighted by Crippen LogP contribution is 2.31. The molecule has 18 heavy (non-hydrogen) atoms. The van der Waals surface area contributed by atoms with Crippen molar-refractivity contribution in [1.82, 2.24) is 15.1 Å². The molecule has 2 aliphatic heterocycles. The number of aromatic nitrogens is 2. The van der Waals surface area contributed by atoms with Gasteiger partial charge >= 0.3 is 6.03 Å². The molecule has 3 heterocycles. The van der Waals surface area contributed by atoms with Gasteiger partial charge in [-0.05, 0) is 12.8 Å². The first-order valence-electron chi connectivity index (χ1n) is 6.44. The quantitative estimate of drug-likeness (QED) is 0.771. The summed E-state index contributed by atoms with van der Waals surface area (Å²) in [6.07, 6.45) is 2.83. The van der Waals surface area contributed by atoms with Gasteiger partial charge in [-0.1, -0.05) is 0 Å². The van der Waals surface area contributed by atoms with Crippen LogP contribution in [0, 0.1) is 0 Å². The summed E-state index contributed by atoms with van der Waals surface area (Å²) in [7, 11) is 0. The number of carbonyl (C=O) groups is 1. The van der Waals surface area contributed by atoms with Crippen molar-refractivity contribution in [2.24, 2.45) is 5.73 Å². The van der Waals surface area contributed by atoms with Crippen LogP contribution in [0.3, 0.4) is 0 Å². The molecule has 0 radical (unpaired) electrons. The maximum atomic E-state index is 11.3. The zero-order valence-corrected chi connectivity index (χ0v) is 10.3. The van der Waals surface area contributed by atoms with E-state index in [2.05, 4.69) is 10.2 Å². The molecule has 0 atom stereocenters. The van der Waals surface area contributed by atoms with E-state index in [-0.39, 0.29) is 6.03 Å². The Balaban J connectivity index is 1.84. The van der Waals surface area contributed by atoms with E-state index in [0.717, 1.165) is 43.9 Å². The predicted molar refractivity (Wildman–Crippen MR) is 65.1 cm³/mol. The Labute approximate surface area is 105 Å². The van der Waals surface area contributed by atoms with Crippen LogP contribution in [-0.2, 0) is 17.7 Å². The van der Waals surface area contributed by atoms with Gasteiger partial charge in [0.1, 0.15) is 0 Å². The maximum absolute atomic E-state index is 11.3. The highest BCUT2D eigenvalue weighted by atomic mass is 16.5. The van der Waals surface area contributed by atoms with E-state index in [9.17, 15) is 4.79 Å². The van der Waals surface area contributed by atoms with Gasteiger partial charge in [0, 0.05) is 43.4 Å². The van der Waals surface area contributed by atoms with Crippen LogP contribution in [0.15, 0.2) is 0 Å². The largest absolute Gasteiger partial charge is 0.381 e. The second-order valence-corrected chi connectivity index (χ2v) is 4.96. The minimum atomic E-state index is -0.347. The minimum absolute atomic E-state index is 0.347. The van der Waals surface area contributed by atoms with E-state index < -0.39 is 0 Å². The van der Waals surface area contributed by atoms with Crippen LogP contribution < -0.4 is 5.73 Å². The number of nitrogens with zero attached hydrogens (tertiary/aromatic N) is 2. The number of urea groups is 1. The Morgan fingerprint density at radius 2 is 2.22 bits per heavy atom. The van der Waals surface area contributed by atoms with Crippen molar-refractivity contribution in [3.05, 3.63) is 17.0 Å². The summed E-state index contributed by atoms with van der Waals surface area (Å²) < 4.78 is 5.38. The average molecular weight is 250 g/mol. The Morgan fingerprint density at radius 3 is 2.94 bits per heavy atom. The number of ether oxygens (including phenoxy) is 1. The second kappa shape index (κ2) is 4.61. The third-order valence-corrected chi connectivity index (χ3v) is 3.89. The number of fused-ring (bicyclic) bond motifs is 1. The summed E-state index contributed by atoms with van der Waals surface area (Å²) in [6.45, 7) is 2.86. The Hall–Kier alpha value is -1.56. The van der Waals surface area contributed by atoms with E-state index >= 15 is 0 Å². The zero-order chi connectivity index (χ0) is 12.5. The molecule has 0 saturated carbocycles. The number of amides is 2. The molecule has 0 aromatic carbocycles. The normalized spacial score (nSPS) is 20.8. The van der Waals surface area contributed by atoms with Crippen molar-refractivity contribution in [1.29, 1.82) is 0 Å². The number of aromatic amines is 1. The summed E-state index contributed by atoms with van der Waals surface area (Å²) in [4.78, 5) is 13.0. The lowest BCUT2D eigenvalue weighted by atomic mass is 9.91. The zero-order valence-electron chi connectivity index (χ0n) is 10.3. The third-order valence-electron chi connectivity index (χ3n) is 3.89. The second-order valence-electron chi connectivity index (χ2n) is 4.96.